The molecule has 164 valence electrons. The van der Waals surface area contributed by atoms with Gasteiger partial charge in [-0.1, -0.05) is 52.3 Å². The number of hydrogen-bond donors (Lipinski definition) is 0. The van der Waals surface area contributed by atoms with E-state index in [0.29, 0.717) is 10.2 Å². The Bertz CT molecular complexity index is 1150. The number of ether oxygens (including phenoxy) is 1. The maximum absolute atomic E-state index is 13.8. The van der Waals surface area contributed by atoms with Gasteiger partial charge in [-0.2, -0.15) is 4.31 Å². The summed E-state index contributed by atoms with van der Waals surface area (Å²) in [6.07, 6.45) is 0. The molecule has 0 spiro atoms. The minimum Gasteiger partial charge on any atom is -0.495 e. The molecule has 4 nitrogen and oxygen atoms in total. The van der Waals surface area contributed by atoms with Gasteiger partial charge in [0.05, 0.1) is 7.11 Å². The molecule has 0 fully saturated rings. The van der Waals surface area contributed by atoms with Crippen molar-refractivity contribution in [2.24, 2.45) is 0 Å². The number of hydrogen-bond acceptors (Lipinski definition) is 3. The van der Waals surface area contributed by atoms with E-state index in [2.05, 4.69) is 41.9 Å². The van der Waals surface area contributed by atoms with Gasteiger partial charge in [0.25, 0.3) is 0 Å². The third kappa shape index (κ3) is 5.37. The van der Waals surface area contributed by atoms with Crippen molar-refractivity contribution in [3.05, 3.63) is 92.5 Å². The van der Waals surface area contributed by atoms with Crippen LogP contribution in [0.4, 0.5) is 0 Å². The van der Waals surface area contributed by atoms with Crippen LogP contribution in [0.3, 0.4) is 0 Å². The van der Waals surface area contributed by atoms with E-state index >= 15 is 0 Å². The van der Waals surface area contributed by atoms with Gasteiger partial charge in [0, 0.05) is 17.6 Å². The van der Waals surface area contributed by atoms with Gasteiger partial charge in [-0.05, 0) is 79.3 Å². The highest BCUT2D eigenvalue weighted by atomic mass is 79.9. The third-order valence-electron chi connectivity index (χ3n) is 5.60. The fourth-order valence-electron chi connectivity index (χ4n) is 3.43. The zero-order chi connectivity index (χ0) is 22.8. The zero-order valence-electron chi connectivity index (χ0n) is 18.6. The average molecular weight is 502 g/mol. The van der Waals surface area contributed by atoms with Crippen LogP contribution in [0.5, 0.6) is 5.75 Å². The topological polar surface area (TPSA) is 46.6 Å². The summed E-state index contributed by atoms with van der Waals surface area (Å²) in [7, 11) is -2.34. The molecule has 0 N–H and O–H groups in total. The number of halogens is 1. The average Bonchev–Trinajstić information content (AvgIpc) is 2.72. The van der Waals surface area contributed by atoms with E-state index in [1.165, 1.54) is 22.5 Å². The standard InChI is InChI=1S/C25H28BrNO3S/c1-17-6-8-21(12-19(17)3)15-27(16-22-9-7-18(2)20(4)13-22)31(28,29)25-14-23(26)10-11-24(25)30-5/h6-14H,15-16H2,1-5H3. The maximum Gasteiger partial charge on any atom is 0.247 e. The van der Waals surface area contributed by atoms with Gasteiger partial charge in [-0.25, -0.2) is 8.42 Å². The lowest BCUT2D eigenvalue weighted by Crippen LogP contribution is -2.30. The summed E-state index contributed by atoms with van der Waals surface area (Å²) in [5.41, 5.74) is 6.54. The molecule has 0 saturated carbocycles. The molecule has 0 aliphatic heterocycles. The number of nitrogens with zero attached hydrogens (tertiary/aromatic N) is 1. The summed E-state index contributed by atoms with van der Waals surface area (Å²) in [4.78, 5) is 0.150. The highest BCUT2D eigenvalue weighted by molar-refractivity contribution is 9.10. The molecule has 0 saturated heterocycles. The Hall–Kier alpha value is -2.15. The Labute approximate surface area is 194 Å². The largest absolute Gasteiger partial charge is 0.495 e. The number of aryl methyl sites for hydroxylation is 4. The van der Waals surface area contributed by atoms with E-state index < -0.39 is 10.0 Å². The number of sulfonamides is 1. The van der Waals surface area contributed by atoms with Crippen LogP contribution in [-0.4, -0.2) is 19.8 Å². The molecule has 3 aromatic rings. The van der Waals surface area contributed by atoms with Crippen LogP contribution in [0.1, 0.15) is 33.4 Å². The molecule has 0 unspecified atom stereocenters. The van der Waals surface area contributed by atoms with Crippen LogP contribution < -0.4 is 4.74 Å². The SMILES string of the molecule is COc1ccc(Br)cc1S(=O)(=O)N(Cc1ccc(C)c(C)c1)Cc1ccc(C)c(C)c1. The molecular formula is C25H28BrNO3S. The van der Waals surface area contributed by atoms with Crippen molar-refractivity contribution in [1.29, 1.82) is 0 Å². The van der Waals surface area contributed by atoms with E-state index in [4.69, 9.17) is 4.74 Å². The van der Waals surface area contributed by atoms with Crippen LogP contribution in [0.15, 0.2) is 64.0 Å². The van der Waals surface area contributed by atoms with E-state index in [-0.39, 0.29) is 18.0 Å². The van der Waals surface area contributed by atoms with Gasteiger partial charge in [-0.15, -0.1) is 0 Å². The van der Waals surface area contributed by atoms with E-state index in [0.717, 1.165) is 22.3 Å². The highest BCUT2D eigenvalue weighted by Crippen LogP contribution is 2.31. The summed E-state index contributed by atoms with van der Waals surface area (Å²) in [6.45, 7) is 8.72. The molecule has 0 bridgehead atoms. The summed E-state index contributed by atoms with van der Waals surface area (Å²) in [5, 5.41) is 0. The van der Waals surface area contributed by atoms with Gasteiger partial charge in [0.2, 0.25) is 10.0 Å². The highest BCUT2D eigenvalue weighted by Gasteiger charge is 2.28. The van der Waals surface area contributed by atoms with Crippen molar-refractivity contribution in [2.45, 2.75) is 45.7 Å². The molecule has 0 atom stereocenters. The molecule has 0 radical (unpaired) electrons. The molecule has 0 heterocycles. The summed E-state index contributed by atoms with van der Waals surface area (Å²) < 4.78 is 35.2. The first kappa shape index (κ1) is 23.5. The fourth-order valence-corrected chi connectivity index (χ4v) is 5.54. The molecule has 0 amide bonds. The lowest BCUT2D eigenvalue weighted by molar-refractivity contribution is 0.382. The molecule has 31 heavy (non-hydrogen) atoms. The first-order valence-corrected chi connectivity index (χ1v) is 12.3. The van der Waals surface area contributed by atoms with Crippen LogP contribution >= 0.6 is 15.9 Å². The molecule has 0 aromatic heterocycles. The molecule has 3 rings (SSSR count). The predicted molar refractivity (Wildman–Crippen MR) is 129 cm³/mol. The maximum atomic E-state index is 13.8. The quantitative estimate of drug-likeness (QED) is 0.393. The van der Waals surface area contributed by atoms with Gasteiger partial charge in [0.15, 0.2) is 0 Å². The second kappa shape index (κ2) is 9.55. The van der Waals surface area contributed by atoms with Crippen molar-refractivity contribution >= 4 is 26.0 Å². The molecular weight excluding hydrogens is 474 g/mol. The normalized spacial score (nSPS) is 11.7. The lowest BCUT2D eigenvalue weighted by Gasteiger charge is -2.24. The molecule has 3 aromatic carbocycles. The number of benzene rings is 3. The zero-order valence-corrected chi connectivity index (χ0v) is 21.0. The summed E-state index contributed by atoms with van der Waals surface area (Å²) in [5.74, 6) is 0.327. The smallest absolute Gasteiger partial charge is 0.247 e. The summed E-state index contributed by atoms with van der Waals surface area (Å²) >= 11 is 3.40. The van der Waals surface area contributed by atoms with Gasteiger partial charge >= 0.3 is 0 Å². The van der Waals surface area contributed by atoms with Crippen molar-refractivity contribution in [2.75, 3.05) is 7.11 Å². The monoisotopic (exact) mass is 501 g/mol. The fraction of sp³-hybridized carbons (Fsp3) is 0.280. The van der Waals surface area contributed by atoms with Crippen molar-refractivity contribution in [1.82, 2.24) is 4.31 Å². The van der Waals surface area contributed by atoms with Crippen LogP contribution in [-0.2, 0) is 23.1 Å². The third-order valence-corrected chi connectivity index (χ3v) is 7.91. The minimum absolute atomic E-state index is 0.150. The molecule has 0 aliphatic carbocycles. The Morgan fingerprint density at radius 3 is 1.74 bits per heavy atom. The number of rotatable bonds is 7. The predicted octanol–water partition coefficient (Wildman–Crippen LogP) is 6.08. The van der Waals surface area contributed by atoms with Gasteiger partial charge in [0.1, 0.15) is 10.6 Å². The van der Waals surface area contributed by atoms with E-state index in [1.807, 2.05) is 38.1 Å². The van der Waals surface area contributed by atoms with Gasteiger partial charge in [-0.3, -0.25) is 0 Å². The summed E-state index contributed by atoms with van der Waals surface area (Å²) in [6, 6.07) is 17.2. The second-order valence-corrected chi connectivity index (χ2v) is 10.7. The van der Waals surface area contributed by atoms with Crippen LogP contribution in [0.2, 0.25) is 0 Å². The Morgan fingerprint density at radius 2 is 1.29 bits per heavy atom. The molecule has 6 heteroatoms. The molecule has 0 aliphatic rings. The van der Waals surface area contributed by atoms with E-state index in [9.17, 15) is 8.42 Å². The Morgan fingerprint density at radius 1 is 0.774 bits per heavy atom. The van der Waals surface area contributed by atoms with Crippen LogP contribution in [0, 0.1) is 27.7 Å². The van der Waals surface area contributed by atoms with Gasteiger partial charge < -0.3 is 4.74 Å². The Balaban J connectivity index is 2.08. The first-order valence-electron chi connectivity index (χ1n) is 10.1. The minimum atomic E-state index is -3.83. The Kier molecular flexibility index (Phi) is 7.24. The van der Waals surface area contributed by atoms with Crippen LogP contribution in [0.25, 0.3) is 0 Å². The van der Waals surface area contributed by atoms with Crippen molar-refractivity contribution < 1.29 is 13.2 Å². The lowest BCUT2D eigenvalue weighted by atomic mass is 10.1. The first-order chi connectivity index (χ1) is 14.6. The second-order valence-electron chi connectivity index (χ2n) is 7.91. The van der Waals surface area contributed by atoms with Crippen molar-refractivity contribution in [3.8, 4) is 5.75 Å². The van der Waals surface area contributed by atoms with E-state index in [1.54, 1.807) is 18.2 Å². The van der Waals surface area contributed by atoms with Crippen molar-refractivity contribution in [3.63, 3.8) is 0 Å². The number of methoxy groups -OCH3 is 1.